The summed E-state index contributed by atoms with van der Waals surface area (Å²) in [6.45, 7) is 0.0745. The van der Waals surface area contributed by atoms with E-state index in [2.05, 4.69) is 5.32 Å². The summed E-state index contributed by atoms with van der Waals surface area (Å²) in [7, 11) is 3.30. The normalized spacial score (nSPS) is 15.0. The number of anilines is 2. The molecule has 0 unspecified atom stereocenters. The number of hydrogen-bond donors (Lipinski definition) is 2. The fourth-order valence-electron chi connectivity index (χ4n) is 2.02. The molecule has 106 valence electrons. The van der Waals surface area contributed by atoms with Crippen LogP contribution in [0.25, 0.3) is 0 Å². The molecule has 1 aliphatic rings. The minimum atomic E-state index is -0.384. The first-order valence-electron chi connectivity index (χ1n) is 6.07. The molecule has 1 aromatic rings. The van der Waals surface area contributed by atoms with Gasteiger partial charge in [0, 0.05) is 19.7 Å². The number of carbonyl (C=O) groups excluding carboxylic acids is 3. The Hall–Kier alpha value is -2.57. The fraction of sp³-hybridized carbons (Fsp3) is 0.308. The SMILES string of the molecule is CN(C)C(=O)c1ccc(N)c(N2CC(=O)NC(=O)C2)c1. The Labute approximate surface area is 116 Å². The van der Waals surface area contributed by atoms with Gasteiger partial charge in [-0.1, -0.05) is 0 Å². The van der Waals surface area contributed by atoms with Gasteiger partial charge in [-0.3, -0.25) is 19.7 Å². The minimum absolute atomic E-state index is 0.0373. The van der Waals surface area contributed by atoms with Gasteiger partial charge in [0.25, 0.3) is 5.91 Å². The van der Waals surface area contributed by atoms with Crippen LogP contribution in [-0.4, -0.2) is 49.8 Å². The fourth-order valence-corrected chi connectivity index (χ4v) is 2.02. The molecular formula is C13H16N4O3. The summed E-state index contributed by atoms with van der Waals surface area (Å²) in [5.74, 6) is -0.936. The van der Waals surface area contributed by atoms with Crippen molar-refractivity contribution in [1.82, 2.24) is 10.2 Å². The molecule has 0 bridgehead atoms. The van der Waals surface area contributed by atoms with Crippen molar-refractivity contribution in [1.29, 1.82) is 0 Å². The molecule has 20 heavy (non-hydrogen) atoms. The van der Waals surface area contributed by atoms with Gasteiger partial charge in [0.05, 0.1) is 24.5 Å². The molecule has 3 N–H and O–H groups in total. The zero-order chi connectivity index (χ0) is 14.9. The molecule has 1 fully saturated rings. The molecule has 0 radical (unpaired) electrons. The summed E-state index contributed by atoms with van der Waals surface area (Å²) in [4.78, 5) is 37.8. The highest BCUT2D eigenvalue weighted by molar-refractivity contribution is 6.04. The van der Waals surface area contributed by atoms with Crippen LogP contribution in [0.1, 0.15) is 10.4 Å². The second kappa shape index (κ2) is 5.20. The smallest absolute Gasteiger partial charge is 0.253 e. The number of piperazine rings is 1. The van der Waals surface area contributed by atoms with Crippen molar-refractivity contribution < 1.29 is 14.4 Å². The average Bonchev–Trinajstić information content (AvgIpc) is 2.37. The Bertz CT molecular complexity index is 567. The van der Waals surface area contributed by atoms with Crippen molar-refractivity contribution in [3.8, 4) is 0 Å². The van der Waals surface area contributed by atoms with Gasteiger partial charge < -0.3 is 15.5 Å². The van der Waals surface area contributed by atoms with Crippen LogP contribution in [0.4, 0.5) is 11.4 Å². The molecular weight excluding hydrogens is 260 g/mol. The lowest BCUT2D eigenvalue weighted by Crippen LogP contribution is -2.51. The molecule has 0 aliphatic carbocycles. The number of nitrogens with zero attached hydrogens (tertiary/aromatic N) is 2. The van der Waals surface area contributed by atoms with Gasteiger partial charge in [0.15, 0.2) is 0 Å². The van der Waals surface area contributed by atoms with Crippen molar-refractivity contribution in [3.05, 3.63) is 23.8 Å². The van der Waals surface area contributed by atoms with E-state index in [1.54, 1.807) is 37.2 Å². The van der Waals surface area contributed by atoms with E-state index in [1.807, 2.05) is 0 Å². The number of imide groups is 1. The van der Waals surface area contributed by atoms with E-state index < -0.39 is 0 Å². The molecule has 1 aromatic carbocycles. The zero-order valence-corrected chi connectivity index (χ0v) is 11.3. The largest absolute Gasteiger partial charge is 0.397 e. The Morgan fingerprint density at radius 2 is 1.85 bits per heavy atom. The predicted octanol–water partition coefficient (Wildman–Crippen LogP) is -0.567. The average molecular weight is 276 g/mol. The highest BCUT2D eigenvalue weighted by atomic mass is 16.2. The molecule has 0 aromatic heterocycles. The molecule has 1 saturated heterocycles. The van der Waals surface area contributed by atoms with Crippen molar-refractivity contribution in [2.24, 2.45) is 0 Å². The Morgan fingerprint density at radius 1 is 1.25 bits per heavy atom. The zero-order valence-electron chi connectivity index (χ0n) is 11.3. The number of nitrogens with two attached hydrogens (primary N) is 1. The van der Waals surface area contributed by atoms with E-state index >= 15 is 0 Å². The summed E-state index contributed by atoms with van der Waals surface area (Å²) < 4.78 is 0. The number of hydrogen-bond acceptors (Lipinski definition) is 5. The lowest BCUT2D eigenvalue weighted by atomic mass is 10.1. The maximum Gasteiger partial charge on any atom is 0.253 e. The van der Waals surface area contributed by atoms with Crippen LogP contribution >= 0.6 is 0 Å². The predicted molar refractivity (Wildman–Crippen MR) is 74.2 cm³/mol. The summed E-state index contributed by atoms with van der Waals surface area (Å²) in [6, 6.07) is 4.82. The Morgan fingerprint density at radius 3 is 2.40 bits per heavy atom. The second-order valence-corrected chi connectivity index (χ2v) is 4.80. The molecule has 7 heteroatoms. The highest BCUT2D eigenvalue weighted by Crippen LogP contribution is 2.25. The van der Waals surface area contributed by atoms with Gasteiger partial charge in [-0.2, -0.15) is 0 Å². The molecule has 1 heterocycles. The second-order valence-electron chi connectivity index (χ2n) is 4.80. The van der Waals surface area contributed by atoms with Crippen LogP contribution in [0, 0.1) is 0 Å². The lowest BCUT2D eigenvalue weighted by molar-refractivity contribution is -0.130. The van der Waals surface area contributed by atoms with Gasteiger partial charge in [0.2, 0.25) is 11.8 Å². The first-order chi connectivity index (χ1) is 9.38. The van der Waals surface area contributed by atoms with Crippen molar-refractivity contribution in [3.63, 3.8) is 0 Å². The first-order valence-corrected chi connectivity index (χ1v) is 6.07. The maximum absolute atomic E-state index is 11.9. The quantitative estimate of drug-likeness (QED) is 0.557. The van der Waals surface area contributed by atoms with Crippen LogP contribution in [0.15, 0.2) is 18.2 Å². The summed E-state index contributed by atoms with van der Waals surface area (Å²) in [5, 5.41) is 2.22. The van der Waals surface area contributed by atoms with Gasteiger partial charge >= 0.3 is 0 Å². The molecule has 3 amide bonds. The first kappa shape index (κ1) is 13.9. The van der Waals surface area contributed by atoms with E-state index in [0.717, 1.165) is 0 Å². The summed E-state index contributed by atoms with van der Waals surface area (Å²) >= 11 is 0. The molecule has 2 rings (SSSR count). The van der Waals surface area contributed by atoms with E-state index in [0.29, 0.717) is 16.9 Å². The van der Waals surface area contributed by atoms with Crippen LogP contribution in [-0.2, 0) is 9.59 Å². The molecule has 1 aliphatic heterocycles. The molecule has 0 saturated carbocycles. The topological polar surface area (TPSA) is 95.7 Å². The monoisotopic (exact) mass is 276 g/mol. The number of nitrogen functional groups attached to an aromatic ring is 1. The van der Waals surface area contributed by atoms with Crippen LogP contribution < -0.4 is 16.0 Å². The molecule has 7 nitrogen and oxygen atoms in total. The van der Waals surface area contributed by atoms with Gasteiger partial charge in [0.1, 0.15) is 0 Å². The summed E-state index contributed by atoms with van der Waals surface area (Å²) in [5.41, 5.74) is 7.27. The number of nitrogens with one attached hydrogen (secondary N) is 1. The van der Waals surface area contributed by atoms with Gasteiger partial charge in [-0.15, -0.1) is 0 Å². The third-order valence-electron chi connectivity index (χ3n) is 2.97. The molecule has 0 atom stereocenters. The van der Waals surface area contributed by atoms with Gasteiger partial charge in [-0.05, 0) is 18.2 Å². The minimum Gasteiger partial charge on any atom is -0.397 e. The van der Waals surface area contributed by atoms with E-state index in [4.69, 9.17) is 5.73 Å². The third-order valence-corrected chi connectivity index (χ3v) is 2.97. The van der Waals surface area contributed by atoms with Crippen LogP contribution in [0.5, 0.6) is 0 Å². The van der Waals surface area contributed by atoms with E-state index in [9.17, 15) is 14.4 Å². The standard InChI is InChI=1S/C13H16N4O3/c1-16(2)13(20)8-3-4-9(14)10(5-8)17-6-11(18)15-12(19)7-17/h3-5H,6-7,14H2,1-2H3,(H,15,18,19). The van der Waals surface area contributed by atoms with E-state index in [-0.39, 0.29) is 30.8 Å². The van der Waals surface area contributed by atoms with Crippen LogP contribution in [0.2, 0.25) is 0 Å². The highest BCUT2D eigenvalue weighted by Gasteiger charge is 2.24. The van der Waals surface area contributed by atoms with Crippen LogP contribution in [0.3, 0.4) is 0 Å². The number of rotatable bonds is 2. The van der Waals surface area contributed by atoms with Crippen molar-refractivity contribution in [2.75, 3.05) is 37.8 Å². The lowest BCUT2D eigenvalue weighted by Gasteiger charge is -2.28. The summed E-state index contributed by atoms with van der Waals surface area (Å²) in [6.07, 6.45) is 0. The number of amides is 3. The maximum atomic E-state index is 11.9. The van der Waals surface area contributed by atoms with Crippen molar-refractivity contribution >= 4 is 29.1 Å². The Kier molecular flexibility index (Phi) is 3.60. The number of carbonyl (C=O) groups is 3. The van der Waals surface area contributed by atoms with Crippen molar-refractivity contribution in [2.45, 2.75) is 0 Å². The Balaban J connectivity index is 2.35. The van der Waals surface area contributed by atoms with Gasteiger partial charge in [-0.25, -0.2) is 0 Å². The third kappa shape index (κ3) is 2.71. The number of benzene rings is 1. The molecule has 0 spiro atoms. The van der Waals surface area contributed by atoms with E-state index in [1.165, 1.54) is 4.90 Å².